The molecule has 2 N–H and O–H groups in total. The van der Waals surface area contributed by atoms with Crippen molar-refractivity contribution in [2.24, 2.45) is 5.73 Å². The number of rotatable bonds is 3. The lowest BCUT2D eigenvalue weighted by Crippen LogP contribution is -2.28. The van der Waals surface area contributed by atoms with Crippen LogP contribution in [0.15, 0.2) is 18.2 Å². The van der Waals surface area contributed by atoms with E-state index in [0.29, 0.717) is 13.0 Å². The summed E-state index contributed by atoms with van der Waals surface area (Å²) in [5.41, 5.74) is 7.99. The number of methoxy groups -OCH3 is 1. The van der Waals surface area contributed by atoms with Crippen molar-refractivity contribution >= 4 is 15.5 Å². The molecule has 0 amide bonds. The van der Waals surface area contributed by atoms with Gasteiger partial charge < -0.3 is 15.4 Å². The second kappa shape index (κ2) is 6.01. The van der Waals surface area contributed by atoms with Crippen molar-refractivity contribution in [2.45, 2.75) is 19.4 Å². The average molecular weight is 298 g/mol. The summed E-state index contributed by atoms with van der Waals surface area (Å²) in [5.74, 6) is 1.22. The van der Waals surface area contributed by atoms with Gasteiger partial charge >= 0.3 is 0 Å². The Morgan fingerprint density at radius 2 is 2.05 bits per heavy atom. The van der Waals surface area contributed by atoms with Crippen LogP contribution in [0.1, 0.15) is 24.9 Å². The van der Waals surface area contributed by atoms with Crippen LogP contribution in [0.5, 0.6) is 5.75 Å². The van der Waals surface area contributed by atoms with Gasteiger partial charge in [-0.1, -0.05) is 6.07 Å². The highest BCUT2D eigenvalue weighted by Crippen LogP contribution is 2.34. The van der Waals surface area contributed by atoms with Gasteiger partial charge in [0.1, 0.15) is 5.75 Å². The topological polar surface area (TPSA) is 72.6 Å². The molecule has 2 rings (SSSR count). The molecule has 0 radical (unpaired) electrons. The Morgan fingerprint density at radius 3 is 2.70 bits per heavy atom. The van der Waals surface area contributed by atoms with Gasteiger partial charge in [-0.2, -0.15) is 0 Å². The summed E-state index contributed by atoms with van der Waals surface area (Å²) in [5, 5.41) is 0. The van der Waals surface area contributed by atoms with Crippen molar-refractivity contribution in [3.63, 3.8) is 0 Å². The van der Waals surface area contributed by atoms with E-state index in [1.54, 1.807) is 7.11 Å². The van der Waals surface area contributed by atoms with Crippen LogP contribution in [0.4, 0.5) is 5.69 Å². The summed E-state index contributed by atoms with van der Waals surface area (Å²) >= 11 is 0. The Kier molecular flexibility index (Phi) is 4.55. The standard InChI is InChI=1S/C14H22N2O3S/c1-11(15)14-12(5-3-6-13(14)19-2)16-7-4-9-20(17,18)10-8-16/h3,5-6,11H,4,7-10,15H2,1-2H3/t11-/m1/s1. The Hall–Kier alpha value is -1.27. The maximum absolute atomic E-state index is 11.7. The Balaban J connectivity index is 2.37. The molecule has 1 aliphatic rings. The highest BCUT2D eigenvalue weighted by molar-refractivity contribution is 7.91. The zero-order valence-corrected chi connectivity index (χ0v) is 12.8. The minimum absolute atomic E-state index is 0.166. The molecule has 0 bridgehead atoms. The van der Waals surface area contributed by atoms with E-state index in [-0.39, 0.29) is 17.5 Å². The molecule has 1 aromatic rings. The summed E-state index contributed by atoms with van der Waals surface area (Å²) in [6.45, 7) is 3.15. The Bertz CT molecular complexity index is 570. The molecule has 1 saturated heterocycles. The minimum atomic E-state index is -2.91. The van der Waals surface area contributed by atoms with Gasteiger partial charge in [-0.25, -0.2) is 8.42 Å². The van der Waals surface area contributed by atoms with Crippen LogP contribution in [0.3, 0.4) is 0 Å². The van der Waals surface area contributed by atoms with Gasteiger partial charge in [-0.3, -0.25) is 0 Å². The third-order valence-corrected chi connectivity index (χ3v) is 5.33. The zero-order valence-electron chi connectivity index (χ0n) is 12.0. The maximum Gasteiger partial charge on any atom is 0.152 e. The third kappa shape index (κ3) is 3.24. The van der Waals surface area contributed by atoms with Gasteiger partial charge in [0.2, 0.25) is 0 Å². The minimum Gasteiger partial charge on any atom is -0.496 e. The van der Waals surface area contributed by atoms with Crippen molar-refractivity contribution in [1.82, 2.24) is 0 Å². The van der Waals surface area contributed by atoms with E-state index in [1.165, 1.54) is 0 Å². The van der Waals surface area contributed by atoms with Crippen molar-refractivity contribution in [1.29, 1.82) is 0 Å². The van der Waals surface area contributed by atoms with E-state index >= 15 is 0 Å². The monoisotopic (exact) mass is 298 g/mol. The van der Waals surface area contributed by atoms with Gasteiger partial charge in [0, 0.05) is 30.4 Å². The van der Waals surface area contributed by atoms with Crippen molar-refractivity contribution in [3.8, 4) is 5.75 Å². The van der Waals surface area contributed by atoms with Gasteiger partial charge in [0.25, 0.3) is 0 Å². The van der Waals surface area contributed by atoms with E-state index in [0.717, 1.165) is 23.5 Å². The largest absolute Gasteiger partial charge is 0.496 e. The number of nitrogens with two attached hydrogens (primary N) is 1. The summed E-state index contributed by atoms with van der Waals surface area (Å²) in [6, 6.07) is 5.62. The van der Waals surface area contributed by atoms with E-state index in [4.69, 9.17) is 10.5 Å². The molecule has 1 aliphatic heterocycles. The van der Waals surface area contributed by atoms with Crippen molar-refractivity contribution < 1.29 is 13.2 Å². The quantitative estimate of drug-likeness (QED) is 0.911. The van der Waals surface area contributed by atoms with Crippen LogP contribution in [0, 0.1) is 0 Å². The number of hydrogen-bond donors (Lipinski definition) is 1. The van der Waals surface area contributed by atoms with Crippen LogP contribution in [-0.2, 0) is 9.84 Å². The lowest BCUT2D eigenvalue weighted by molar-refractivity contribution is 0.407. The Morgan fingerprint density at radius 1 is 1.30 bits per heavy atom. The van der Waals surface area contributed by atoms with Crippen molar-refractivity contribution in [3.05, 3.63) is 23.8 Å². The number of benzene rings is 1. The molecule has 1 aromatic carbocycles. The first-order chi connectivity index (χ1) is 9.44. The van der Waals surface area contributed by atoms with E-state index in [2.05, 4.69) is 4.90 Å². The van der Waals surface area contributed by atoms with Crippen LogP contribution in [0.25, 0.3) is 0 Å². The molecule has 1 fully saturated rings. The molecule has 0 saturated carbocycles. The Labute approximate surface area is 120 Å². The van der Waals surface area contributed by atoms with Gasteiger partial charge in [0.15, 0.2) is 9.84 Å². The van der Waals surface area contributed by atoms with Crippen LogP contribution >= 0.6 is 0 Å². The SMILES string of the molecule is COc1cccc(N2CCCS(=O)(=O)CC2)c1[C@@H](C)N. The van der Waals surface area contributed by atoms with Crippen molar-refractivity contribution in [2.75, 3.05) is 36.6 Å². The summed E-state index contributed by atoms with van der Waals surface area (Å²) in [7, 11) is -1.29. The normalized spacial score (nSPS) is 20.2. The molecule has 20 heavy (non-hydrogen) atoms. The lowest BCUT2D eigenvalue weighted by Gasteiger charge is -2.27. The molecule has 5 nitrogen and oxygen atoms in total. The first kappa shape index (κ1) is 15.1. The van der Waals surface area contributed by atoms with E-state index < -0.39 is 9.84 Å². The fraction of sp³-hybridized carbons (Fsp3) is 0.571. The number of sulfone groups is 1. The molecule has 6 heteroatoms. The summed E-state index contributed by atoms with van der Waals surface area (Å²) in [6.07, 6.45) is 0.651. The summed E-state index contributed by atoms with van der Waals surface area (Å²) < 4.78 is 28.8. The molecule has 1 atom stereocenters. The average Bonchev–Trinajstić information content (AvgIpc) is 2.58. The smallest absolute Gasteiger partial charge is 0.152 e. The fourth-order valence-electron chi connectivity index (χ4n) is 2.62. The molecule has 0 aliphatic carbocycles. The zero-order chi connectivity index (χ0) is 14.8. The first-order valence-electron chi connectivity index (χ1n) is 6.82. The van der Waals surface area contributed by atoms with Crippen LogP contribution < -0.4 is 15.4 Å². The number of hydrogen-bond acceptors (Lipinski definition) is 5. The molecular formula is C14H22N2O3S. The number of anilines is 1. The maximum atomic E-state index is 11.7. The second-order valence-electron chi connectivity index (χ2n) is 5.17. The molecule has 112 valence electrons. The highest BCUT2D eigenvalue weighted by atomic mass is 32.2. The predicted octanol–water partition coefficient (Wildman–Crippen LogP) is 1.34. The third-order valence-electron chi connectivity index (χ3n) is 3.61. The predicted molar refractivity (Wildman–Crippen MR) is 81.1 cm³/mol. The fourth-order valence-corrected chi connectivity index (χ4v) is 3.89. The van der Waals surface area contributed by atoms with Crippen LogP contribution in [0.2, 0.25) is 0 Å². The summed E-state index contributed by atoms with van der Waals surface area (Å²) in [4.78, 5) is 2.10. The van der Waals surface area contributed by atoms with Gasteiger partial charge in [-0.15, -0.1) is 0 Å². The number of nitrogens with zero attached hydrogens (tertiary/aromatic N) is 1. The lowest BCUT2D eigenvalue weighted by atomic mass is 10.0. The molecule has 0 spiro atoms. The van der Waals surface area contributed by atoms with E-state index in [9.17, 15) is 8.42 Å². The highest BCUT2D eigenvalue weighted by Gasteiger charge is 2.23. The first-order valence-corrected chi connectivity index (χ1v) is 8.64. The molecule has 1 heterocycles. The second-order valence-corrected chi connectivity index (χ2v) is 7.48. The molecule has 0 aromatic heterocycles. The molecule has 0 unspecified atom stereocenters. The van der Waals surface area contributed by atoms with E-state index in [1.807, 2.05) is 25.1 Å². The van der Waals surface area contributed by atoms with Gasteiger partial charge in [-0.05, 0) is 25.5 Å². The van der Waals surface area contributed by atoms with Gasteiger partial charge in [0.05, 0.1) is 18.6 Å². The molecular weight excluding hydrogens is 276 g/mol. The van der Waals surface area contributed by atoms with Crippen LogP contribution in [-0.4, -0.2) is 40.1 Å². The number of ether oxygens (including phenoxy) is 1.